The van der Waals surface area contributed by atoms with Crippen LogP contribution in [0.15, 0.2) is 18.2 Å². The molecule has 43 heavy (non-hydrogen) atoms. The number of fused-ring (bicyclic) bond motifs is 5. The molecule has 9 heteroatoms. The number of nitrogens with one attached hydrogen (secondary N) is 1. The van der Waals surface area contributed by atoms with Crippen molar-refractivity contribution in [2.24, 2.45) is 46.3 Å². The lowest BCUT2D eigenvalue weighted by molar-refractivity contribution is -0.385. The summed E-state index contributed by atoms with van der Waals surface area (Å²) < 4.78 is 5.47. The number of hydrogen-bond donors (Lipinski definition) is 3. The summed E-state index contributed by atoms with van der Waals surface area (Å²) in [4.78, 5) is 35.9. The smallest absolute Gasteiger partial charge is 0.306 e. The monoisotopic (exact) mass is 598 g/mol. The Labute approximate surface area is 255 Å². The Hall–Kier alpha value is -2.52. The van der Waals surface area contributed by atoms with Gasteiger partial charge in [-0.25, -0.2) is 0 Å². The van der Waals surface area contributed by atoms with Crippen LogP contribution in [-0.2, 0) is 16.1 Å². The third-order valence-electron chi connectivity index (χ3n) is 12.5. The Morgan fingerprint density at radius 1 is 1.09 bits per heavy atom. The molecule has 0 aromatic heterocycles. The number of rotatable bonds is 9. The van der Waals surface area contributed by atoms with Crippen LogP contribution in [0.2, 0.25) is 0 Å². The number of benzene rings is 1. The summed E-state index contributed by atoms with van der Waals surface area (Å²) >= 11 is 0. The zero-order chi connectivity index (χ0) is 31.1. The minimum atomic E-state index is -0.554. The molecule has 4 fully saturated rings. The lowest BCUT2D eigenvalue weighted by atomic mass is 9.43. The first-order valence-electron chi connectivity index (χ1n) is 16.5. The molecule has 0 radical (unpaired) electrons. The standard InChI is InChI=1S/C34H50N2O7/c1-5-35-32(40)21-7-8-22(28(16-21)36(41)42)19-43-30(39)11-6-20(2)25-9-10-26-31-27(13-15-34(25,26)4)33(3)14-12-24(37)17-23(33)18-29(31)38/h7-8,16,20,23-27,29,31,37-38H,5-6,9-15,17-19H2,1-4H3,(H,35,40)/t20-,23-,24+,25?,26?,27?,29+,31?,33-,34+/m0/s1. The zero-order valence-corrected chi connectivity index (χ0v) is 26.2. The third-order valence-corrected chi connectivity index (χ3v) is 12.5. The highest BCUT2D eigenvalue weighted by atomic mass is 16.6. The maximum atomic E-state index is 12.8. The number of nitrogens with zero attached hydrogens (tertiary/aromatic N) is 1. The highest BCUT2D eigenvalue weighted by molar-refractivity contribution is 5.94. The summed E-state index contributed by atoms with van der Waals surface area (Å²) in [6.07, 6.45) is 8.46. The Balaban J connectivity index is 1.18. The van der Waals surface area contributed by atoms with E-state index in [2.05, 4.69) is 26.1 Å². The quantitative estimate of drug-likeness (QED) is 0.186. The van der Waals surface area contributed by atoms with Crippen LogP contribution in [-0.4, -0.2) is 45.8 Å². The molecular weight excluding hydrogens is 548 g/mol. The average Bonchev–Trinajstić information content (AvgIpc) is 3.33. The zero-order valence-electron chi connectivity index (χ0n) is 26.2. The van der Waals surface area contributed by atoms with E-state index in [0.717, 1.165) is 51.4 Å². The van der Waals surface area contributed by atoms with Crippen molar-refractivity contribution >= 4 is 17.6 Å². The average molecular weight is 599 g/mol. The van der Waals surface area contributed by atoms with Crippen LogP contribution < -0.4 is 5.32 Å². The summed E-state index contributed by atoms with van der Waals surface area (Å²) in [6, 6.07) is 4.21. The van der Waals surface area contributed by atoms with Crippen molar-refractivity contribution in [1.82, 2.24) is 5.32 Å². The molecule has 9 nitrogen and oxygen atoms in total. The molecule has 1 amide bonds. The Morgan fingerprint density at radius 3 is 2.53 bits per heavy atom. The molecule has 0 bridgehead atoms. The maximum absolute atomic E-state index is 12.8. The molecule has 5 rings (SSSR count). The molecule has 1 aromatic carbocycles. The number of ether oxygens (including phenoxy) is 1. The van der Waals surface area contributed by atoms with Crippen molar-refractivity contribution < 1.29 is 29.5 Å². The highest BCUT2D eigenvalue weighted by Crippen LogP contribution is 2.68. The van der Waals surface area contributed by atoms with E-state index in [4.69, 9.17) is 4.74 Å². The fourth-order valence-electron chi connectivity index (χ4n) is 10.2. The number of nitro groups is 1. The molecule has 0 heterocycles. The van der Waals surface area contributed by atoms with E-state index in [1.165, 1.54) is 18.2 Å². The molecule has 0 saturated heterocycles. The second-order valence-corrected chi connectivity index (χ2v) is 14.6. The van der Waals surface area contributed by atoms with Crippen LogP contribution in [0.3, 0.4) is 0 Å². The van der Waals surface area contributed by atoms with E-state index in [1.807, 2.05) is 0 Å². The van der Waals surface area contributed by atoms with Crippen LogP contribution in [0.1, 0.15) is 108 Å². The number of carbonyl (C=O) groups excluding carboxylic acids is 2. The first kappa shape index (κ1) is 31.9. The van der Waals surface area contributed by atoms with Crippen molar-refractivity contribution in [1.29, 1.82) is 0 Å². The summed E-state index contributed by atoms with van der Waals surface area (Å²) in [5.74, 6) is 1.73. The number of esters is 1. The SMILES string of the molecule is CCNC(=O)c1ccc(COC(=O)CC[C@H](C)C2CCC3C4C(CC[C@@]32C)[C@@]2(C)CC[C@@H](O)C[C@H]2C[C@H]4O)c([N+](=O)[O-])c1. The van der Waals surface area contributed by atoms with Gasteiger partial charge in [-0.1, -0.05) is 20.8 Å². The predicted octanol–water partition coefficient (Wildman–Crippen LogP) is 5.79. The van der Waals surface area contributed by atoms with E-state index in [0.29, 0.717) is 48.5 Å². The van der Waals surface area contributed by atoms with Gasteiger partial charge in [0, 0.05) is 24.6 Å². The van der Waals surface area contributed by atoms with E-state index in [9.17, 15) is 29.9 Å². The van der Waals surface area contributed by atoms with Crippen molar-refractivity contribution in [3.05, 3.63) is 39.4 Å². The lowest BCUT2D eigenvalue weighted by Gasteiger charge is -2.62. The van der Waals surface area contributed by atoms with Gasteiger partial charge in [0.25, 0.3) is 11.6 Å². The molecule has 4 saturated carbocycles. The molecule has 238 valence electrons. The Kier molecular flexibility index (Phi) is 9.25. The lowest BCUT2D eigenvalue weighted by Crippen LogP contribution is -2.58. The predicted molar refractivity (Wildman–Crippen MR) is 162 cm³/mol. The van der Waals surface area contributed by atoms with Crippen LogP contribution in [0.5, 0.6) is 0 Å². The van der Waals surface area contributed by atoms with Gasteiger partial charge in [0.1, 0.15) is 6.61 Å². The van der Waals surface area contributed by atoms with Crippen LogP contribution in [0, 0.1) is 56.5 Å². The fraction of sp³-hybridized carbons (Fsp3) is 0.765. The molecule has 4 aliphatic rings. The fourth-order valence-corrected chi connectivity index (χ4v) is 10.2. The number of amides is 1. The molecule has 0 aliphatic heterocycles. The van der Waals surface area contributed by atoms with E-state index in [1.54, 1.807) is 6.92 Å². The molecule has 3 N–H and O–H groups in total. The van der Waals surface area contributed by atoms with Gasteiger partial charge in [0.15, 0.2) is 0 Å². The molecule has 0 spiro atoms. The Bertz CT molecular complexity index is 1220. The minimum Gasteiger partial charge on any atom is -0.461 e. The number of nitro benzene ring substituents is 1. The van der Waals surface area contributed by atoms with Crippen molar-refractivity contribution in [3.8, 4) is 0 Å². The van der Waals surface area contributed by atoms with Gasteiger partial charge in [-0.05, 0) is 123 Å². The van der Waals surface area contributed by atoms with Gasteiger partial charge in [-0.15, -0.1) is 0 Å². The van der Waals surface area contributed by atoms with Crippen LogP contribution >= 0.6 is 0 Å². The second kappa shape index (κ2) is 12.5. The maximum Gasteiger partial charge on any atom is 0.306 e. The minimum absolute atomic E-state index is 0.134. The molecule has 1 aromatic rings. The second-order valence-electron chi connectivity index (χ2n) is 14.6. The summed E-state index contributed by atoms with van der Waals surface area (Å²) in [5.41, 5.74) is 0.559. The number of carbonyl (C=O) groups is 2. The van der Waals surface area contributed by atoms with Gasteiger partial charge in [0.2, 0.25) is 0 Å². The first-order valence-corrected chi connectivity index (χ1v) is 16.5. The molecule has 10 atom stereocenters. The van der Waals surface area contributed by atoms with Crippen molar-refractivity contribution in [3.63, 3.8) is 0 Å². The Morgan fingerprint density at radius 2 is 1.81 bits per heavy atom. The number of aliphatic hydroxyl groups is 2. The largest absolute Gasteiger partial charge is 0.461 e. The van der Waals surface area contributed by atoms with Gasteiger partial charge < -0.3 is 20.3 Å². The van der Waals surface area contributed by atoms with E-state index in [-0.39, 0.29) is 64.8 Å². The third kappa shape index (κ3) is 5.96. The van der Waals surface area contributed by atoms with E-state index >= 15 is 0 Å². The normalized spacial score (nSPS) is 37.4. The van der Waals surface area contributed by atoms with Crippen LogP contribution in [0.4, 0.5) is 5.69 Å². The van der Waals surface area contributed by atoms with Gasteiger partial charge in [0.05, 0.1) is 22.7 Å². The van der Waals surface area contributed by atoms with Crippen molar-refractivity contribution in [2.75, 3.05) is 6.54 Å². The first-order chi connectivity index (χ1) is 20.4. The van der Waals surface area contributed by atoms with Gasteiger partial charge in [-0.2, -0.15) is 0 Å². The molecule has 4 unspecified atom stereocenters. The van der Waals surface area contributed by atoms with Gasteiger partial charge >= 0.3 is 5.97 Å². The summed E-state index contributed by atoms with van der Waals surface area (Å²) in [7, 11) is 0. The van der Waals surface area contributed by atoms with Crippen LogP contribution in [0.25, 0.3) is 0 Å². The molecular formula is C34H50N2O7. The highest BCUT2D eigenvalue weighted by Gasteiger charge is 2.62. The number of hydrogen-bond acceptors (Lipinski definition) is 7. The van der Waals surface area contributed by atoms with E-state index < -0.39 is 4.92 Å². The summed E-state index contributed by atoms with van der Waals surface area (Å²) in [5, 5.41) is 36.1. The number of aliphatic hydroxyl groups excluding tert-OH is 2. The van der Waals surface area contributed by atoms with Crippen molar-refractivity contribution in [2.45, 2.75) is 111 Å². The van der Waals surface area contributed by atoms with Gasteiger partial charge in [-0.3, -0.25) is 19.7 Å². The topological polar surface area (TPSA) is 139 Å². The summed E-state index contributed by atoms with van der Waals surface area (Å²) in [6.45, 7) is 9.08. The molecule has 4 aliphatic carbocycles.